The van der Waals surface area contributed by atoms with Gasteiger partial charge in [0.1, 0.15) is 5.75 Å². The van der Waals surface area contributed by atoms with Crippen molar-refractivity contribution in [3.05, 3.63) is 56.5 Å². The molecule has 1 N–H and O–H groups in total. The van der Waals surface area contributed by atoms with E-state index < -0.39 is 0 Å². The quantitative estimate of drug-likeness (QED) is 0.410. The standard InChI is InChI=1S/C19H20Cl3NO3/c1-3-7-25-11-13-8-12(5-6-18(13)26-4-2)19(24)23-17-10-15(21)14(20)9-16(17)22/h5-6,8-10H,3-4,7,11H2,1-2H3,(H,23,24). The summed E-state index contributed by atoms with van der Waals surface area (Å²) in [5.74, 6) is 0.387. The van der Waals surface area contributed by atoms with E-state index in [0.717, 1.165) is 12.0 Å². The van der Waals surface area contributed by atoms with Gasteiger partial charge < -0.3 is 14.8 Å². The molecule has 0 saturated heterocycles. The normalized spacial score (nSPS) is 10.7. The Bertz CT molecular complexity index is 781. The van der Waals surface area contributed by atoms with Crippen LogP contribution in [0, 0.1) is 0 Å². The van der Waals surface area contributed by atoms with Gasteiger partial charge in [0.15, 0.2) is 0 Å². The van der Waals surface area contributed by atoms with Crippen LogP contribution in [-0.4, -0.2) is 19.1 Å². The molecular formula is C19H20Cl3NO3. The van der Waals surface area contributed by atoms with Crippen molar-refractivity contribution in [1.29, 1.82) is 0 Å². The van der Waals surface area contributed by atoms with Crippen molar-refractivity contribution in [3.63, 3.8) is 0 Å². The molecule has 0 aliphatic heterocycles. The van der Waals surface area contributed by atoms with Gasteiger partial charge in [0.25, 0.3) is 5.91 Å². The molecule has 7 heteroatoms. The zero-order chi connectivity index (χ0) is 19.1. The number of nitrogens with one attached hydrogen (secondary N) is 1. The van der Waals surface area contributed by atoms with Gasteiger partial charge in [0.05, 0.1) is 34.0 Å². The van der Waals surface area contributed by atoms with E-state index in [0.29, 0.717) is 51.9 Å². The van der Waals surface area contributed by atoms with Crippen molar-refractivity contribution in [1.82, 2.24) is 0 Å². The van der Waals surface area contributed by atoms with Crippen LogP contribution >= 0.6 is 34.8 Å². The van der Waals surface area contributed by atoms with E-state index in [2.05, 4.69) is 5.32 Å². The summed E-state index contributed by atoms with van der Waals surface area (Å²) in [7, 11) is 0. The van der Waals surface area contributed by atoms with Gasteiger partial charge in [0.2, 0.25) is 0 Å². The number of ether oxygens (including phenoxy) is 2. The Labute approximate surface area is 168 Å². The van der Waals surface area contributed by atoms with Crippen LogP contribution in [0.1, 0.15) is 36.2 Å². The average molecular weight is 417 g/mol. The summed E-state index contributed by atoms with van der Waals surface area (Å²) < 4.78 is 11.2. The van der Waals surface area contributed by atoms with E-state index in [9.17, 15) is 4.79 Å². The highest BCUT2D eigenvalue weighted by Crippen LogP contribution is 2.32. The molecule has 0 radical (unpaired) electrons. The number of hydrogen-bond acceptors (Lipinski definition) is 3. The van der Waals surface area contributed by atoms with E-state index in [1.54, 1.807) is 18.2 Å². The van der Waals surface area contributed by atoms with Gasteiger partial charge in [-0.2, -0.15) is 0 Å². The smallest absolute Gasteiger partial charge is 0.255 e. The summed E-state index contributed by atoms with van der Waals surface area (Å²) in [5, 5.41) is 3.69. The van der Waals surface area contributed by atoms with Crippen molar-refractivity contribution >= 4 is 46.4 Å². The molecule has 140 valence electrons. The van der Waals surface area contributed by atoms with Gasteiger partial charge in [-0.3, -0.25) is 4.79 Å². The zero-order valence-corrected chi connectivity index (χ0v) is 16.8. The molecular weight excluding hydrogens is 397 g/mol. The van der Waals surface area contributed by atoms with Gasteiger partial charge in [-0.1, -0.05) is 41.7 Å². The Morgan fingerprint density at radius 3 is 2.46 bits per heavy atom. The third-order valence-electron chi connectivity index (χ3n) is 3.49. The number of amides is 1. The van der Waals surface area contributed by atoms with E-state index in [1.807, 2.05) is 13.8 Å². The number of halogens is 3. The van der Waals surface area contributed by atoms with E-state index in [1.165, 1.54) is 12.1 Å². The molecule has 2 aromatic rings. The number of carbonyl (C=O) groups is 1. The molecule has 2 rings (SSSR count). The Morgan fingerprint density at radius 2 is 1.77 bits per heavy atom. The number of anilines is 1. The third kappa shape index (κ3) is 5.52. The summed E-state index contributed by atoms with van der Waals surface area (Å²) in [6.45, 7) is 5.49. The minimum Gasteiger partial charge on any atom is -0.494 e. The highest BCUT2D eigenvalue weighted by Gasteiger charge is 2.14. The Hall–Kier alpha value is -1.46. The maximum absolute atomic E-state index is 12.6. The lowest BCUT2D eigenvalue weighted by Crippen LogP contribution is -2.13. The number of hydrogen-bond donors (Lipinski definition) is 1. The van der Waals surface area contributed by atoms with Crippen LogP contribution in [0.2, 0.25) is 15.1 Å². The van der Waals surface area contributed by atoms with Crippen molar-refractivity contribution in [2.45, 2.75) is 26.9 Å². The van der Waals surface area contributed by atoms with Gasteiger partial charge in [-0.05, 0) is 43.7 Å². The Kier molecular flexibility index (Phi) is 8.04. The number of rotatable bonds is 8. The Balaban J connectivity index is 2.22. The number of carbonyl (C=O) groups excluding carboxylic acids is 1. The maximum Gasteiger partial charge on any atom is 0.255 e. The summed E-state index contributed by atoms with van der Waals surface area (Å²) in [4.78, 5) is 12.6. The van der Waals surface area contributed by atoms with Crippen molar-refractivity contribution < 1.29 is 14.3 Å². The van der Waals surface area contributed by atoms with Crippen molar-refractivity contribution in [2.75, 3.05) is 18.5 Å². The molecule has 0 aliphatic rings. The van der Waals surface area contributed by atoms with Crippen LogP contribution in [0.15, 0.2) is 30.3 Å². The predicted molar refractivity (Wildman–Crippen MR) is 107 cm³/mol. The molecule has 2 aromatic carbocycles. The van der Waals surface area contributed by atoms with Gasteiger partial charge in [-0.25, -0.2) is 0 Å². The number of benzene rings is 2. The van der Waals surface area contributed by atoms with Crippen LogP contribution in [0.5, 0.6) is 5.75 Å². The monoisotopic (exact) mass is 415 g/mol. The summed E-state index contributed by atoms with van der Waals surface area (Å²) in [6.07, 6.45) is 0.917. The SMILES string of the molecule is CCCOCc1cc(C(=O)Nc2cc(Cl)c(Cl)cc2Cl)ccc1OCC. The maximum atomic E-state index is 12.6. The second-order valence-corrected chi connectivity index (χ2v) is 6.73. The highest BCUT2D eigenvalue weighted by molar-refractivity contribution is 6.44. The first-order valence-corrected chi connectivity index (χ1v) is 9.39. The first-order valence-electron chi connectivity index (χ1n) is 8.25. The summed E-state index contributed by atoms with van der Waals surface area (Å²) >= 11 is 18.0. The second kappa shape index (κ2) is 10.0. The van der Waals surface area contributed by atoms with Crippen LogP contribution in [0.4, 0.5) is 5.69 Å². The van der Waals surface area contributed by atoms with E-state index in [4.69, 9.17) is 44.3 Å². The molecule has 0 aliphatic carbocycles. The highest BCUT2D eigenvalue weighted by atomic mass is 35.5. The fraction of sp³-hybridized carbons (Fsp3) is 0.316. The fourth-order valence-corrected chi connectivity index (χ4v) is 2.86. The molecule has 0 spiro atoms. The van der Waals surface area contributed by atoms with E-state index in [-0.39, 0.29) is 5.91 Å². The van der Waals surface area contributed by atoms with Gasteiger partial charge in [0, 0.05) is 17.7 Å². The molecule has 0 atom stereocenters. The minimum atomic E-state index is -0.315. The average Bonchev–Trinajstić information content (AvgIpc) is 2.61. The predicted octanol–water partition coefficient (Wildman–Crippen LogP) is 6.22. The van der Waals surface area contributed by atoms with Crippen LogP contribution in [0.25, 0.3) is 0 Å². The molecule has 26 heavy (non-hydrogen) atoms. The second-order valence-electron chi connectivity index (χ2n) is 5.51. The summed E-state index contributed by atoms with van der Waals surface area (Å²) in [5.41, 5.74) is 1.67. The molecule has 1 amide bonds. The van der Waals surface area contributed by atoms with Crippen LogP contribution < -0.4 is 10.1 Å². The molecule has 0 saturated carbocycles. The molecule has 0 heterocycles. The largest absolute Gasteiger partial charge is 0.494 e. The molecule has 0 fully saturated rings. The molecule has 0 aromatic heterocycles. The lowest BCUT2D eigenvalue weighted by atomic mass is 10.1. The molecule has 0 bridgehead atoms. The fourth-order valence-electron chi connectivity index (χ4n) is 2.27. The topological polar surface area (TPSA) is 47.6 Å². The van der Waals surface area contributed by atoms with Gasteiger partial charge >= 0.3 is 0 Å². The Morgan fingerprint density at radius 1 is 1.04 bits per heavy atom. The van der Waals surface area contributed by atoms with Crippen LogP contribution in [-0.2, 0) is 11.3 Å². The molecule has 4 nitrogen and oxygen atoms in total. The van der Waals surface area contributed by atoms with E-state index >= 15 is 0 Å². The lowest BCUT2D eigenvalue weighted by Gasteiger charge is -2.13. The minimum absolute atomic E-state index is 0.310. The zero-order valence-electron chi connectivity index (χ0n) is 14.6. The molecule has 0 unspecified atom stereocenters. The van der Waals surface area contributed by atoms with Crippen LogP contribution in [0.3, 0.4) is 0 Å². The third-order valence-corrected chi connectivity index (χ3v) is 4.52. The van der Waals surface area contributed by atoms with Crippen molar-refractivity contribution in [2.24, 2.45) is 0 Å². The van der Waals surface area contributed by atoms with Gasteiger partial charge in [-0.15, -0.1) is 0 Å². The first-order chi connectivity index (χ1) is 12.5. The first kappa shape index (κ1) is 20.8. The van der Waals surface area contributed by atoms with Crippen molar-refractivity contribution in [3.8, 4) is 5.75 Å². The lowest BCUT2D eigenvalue weighted by molar-refractivity contribution is 0.102. The summed E-state index contributed by atoms with van der Waals surface area (Å²) in [6, 6.07) is 8.21.